The van der Waals surface area contributed by atoms with Crippen LogP contribution >= 0.6 is 11.8 Å². The highest BCUT2D eigenvalue weighted by molar-refractivity contribution is 7.99. The molecular formula is C21H26FN3O3S. The van der Waals surface area contributed by atoms with Crippen molar-refractivity contribution in [3.63, 3.8) is 0 Å². The molecule has 2 N–H and O–H groups in total. The Labute approximate surface area is 173 Å². The van der Waals surface area contributed by atoms with Crippen molar-refractivity contribution in [2.45, 2.75) is 56.7 Å². The second-order valence-corrected chi connectivity index (χ2v) is 9.86. The number of primary amides is 1. The summed E-state index contributed by atoms with van der Waals surface area (Å²) in [6, 6.07) is 5.83. The summed E-state index contributed by atoms with van der Waals surface area (Å²) < 4.78 is 20.5. The summed E-state index contributed by atoms with van der Waals surface area (Å²) in [5, 5.41) is 0. The average molecular weight is 420 g/mol. The van der Waals surface area contributed by atoms with E-state index < -0.39 is 17.6 Å². The van der Waals surface area contributed by atoms with Gasteiger partial charge in [0.2, 0.25) is 5.91 Å². The quantitative estimate of drug-likeness (QED) is 0.793. The van der Waals surface area contributed by atoms with E-state index in [-0.39, 0.29) is 11.7 Å². The van der Waals surface area contributed by atoms with Crippen LogP contribution in [0.25, 0.3) is 0 Å². The fourth-order valence-corrected chi connectivity index (χ4v) is 6.66. The van der Waals surface area contributed by atoms with Crippen molar-refractivity contribution in [2.75, 3.05) is 27.9 Å². The Morgan fingerprint density at radius 1 is 1.28 bits per heavy atom. The van der Waals surface area contributed by atoms with Gasteiger partial charge in [0, 0.05) is 30.0 Å². The van der Waals surface area contributed by atoms with Crippen LogP contribution in [0.15, 0.2) is 18.2 Å². The first-order valence-corrected chi connectivity index (χ1v) is 11.6. The van der Waals surface area contributed by atoms with Crippen LogP contribution in [0.3, 0.4) is 0 Å². The third kappa shape index (κ3) is 3.16. The molecule has 0 unspecified atom stereocenters. The molecule has 2 amide bonds. The zero-order valence-corrected chi connectivity index (χ0v) is 17.1. The summed E-state index contributed by atoms with van der Waals surface area (Å²) in [5.41, 5.74) is 6.15. The molecule has 2 bridgehead atoms. The third-order valence-electron chi connectivity index (χ3n) is 7.09. The molecule has 0 spiro atoms. The molecule has 156 valence electrons. The fraction of sp³-hybridized carbons (Fsp3) is 0.619. The van der Waals surface area contributed by atoms with Crippen molar-refractivity contribution in [3.05, 3.63) is 24.0 Å². The number of carbonyl (C=O) groups excluding carboxylic acids is 2. The van der Waals surface area contributed by atoms with Crippen molar-refractivity contribution in [3.8, 4) is 0 Å². The van der Waals surface area contributed by atoms with Gasteiger partial charge < -0.3 is 15.4 Å². The monoisotopic (exact) mass is 419 g/mol. The fourth-order valence-electron chi connectivity index (χ4n) is 5.32. The van der Waals surface area contributed by atoms with Gasteiger partial charge in [-0.25, -0.2) is 9.18 Å². The standard InChI is InChI=1S/C21H26FN3O3S/c22-17-8-13(4-5-18(17)25-14-2-3-15(25)12-29-11-14)24-10-16(28-20(24)27)9-21(19(23)26)6-1-7-21/h4-5,8,14-16H,1-3,6-7,9-12H2,(H2,23,26)/t14-,15+,16-/m0/s1. The van der Waals surface area contributed by atoms with Gasteiger partial charge in [-0.2, -0.15) is 11.8 Å². The number of ether oxygens (including phenoxy) is 1. The van der Waals surface area contributed by atoms with E-state index in [9.17, 15) is 9.59 Å². The Kier molecular flexibility index (Phi) is 4.64. The number of fused-ring (bicyclic) bond motifs is 2. The van der Waals surface area contributed by atoms with Crippen LogP contribution < -0.4 is 15.5 Å². The number of anilines is 2. The Bertz CT molecular complexity index is 830. The lowest BCUT2D eigenvalue weighted by Crippen LogP contribution is -2.45. The van der Waals surface area contributed by atoms with Crippen molar-refractivity contribution in [1.82, 2.24) is 0 Å². The van der Waals surface area contributed by atoms with Crippen molar-refractivity contribution < 1.29 is 18.7 Å². The van der Waals surface area contributed by atoms with Crippen molar-refractivity contribution in [2.24, 2.45) is 11.1 Å². The molecule has 0 radical (unpaired) electrons. The third-order valence-corrected chi connectivity index (χ3v) is 8.33. The highest BCUT2D eigenvalue weighted by Gasteiger charge is 2.47. The topological polar surface area (TPSA) is 75.9 Å². The highest BCUT2D eigenvalue weighted by Crippen LogP contribution is 2.46. The van der Waals surface area contributed by atoms with E-state index in [4.69, 9.17) is 10.5 Å². The van der Waals surface area contributed by atoms with Crippen LogP contribution in [-0.4, -0.2) is 48.2 Å². The smallest absolute Gasteiger partial charge is 0.414 e. The number of halogens is 1. The van der Waals surface area contributed by atoms with E-state index >= 15 is 4.39 Å². The van der Waals surface area contributed by atoms with E-state index in [1.165, 1.54) is 11.0 Å². The number of carbonyl (C=O) groups is 2. The number of nitrogens with zero attached hydrogens (tertiary/aromatic N) is 2. The zero-order chi connectivity index (χ0) is 20.2. The molecule has 4 aliphatic rings. The SMILES string of the molecule is NC(=O)C1(C[C@H]2CN(c3ccc(N4[C@@H]5CC[C@H]4CSC5)c(F)c3)C(=O)O2)CCC1. The van der Waals surface area contributed by atoms with E-state index in [0.29, 0.717) is 36.4 Å². The van der Waals surface area contributed by atoms with Crippen LogP contribution in [0.4, 0.5) is 20.6 Å². The van der Waals surface area contributed by atoms with Gasteiger partial charge in [0.05, 0.1) is 23.3 Å². The van der Waals surface area contributed by atoms with Crippen molar-refractivity contribution >= 4 is 35.1 Å². The molecule has 0 aromatic heterocycles. The summed E-state index contributed by atoms with van der Waals surface area (Å²) >= 11 is 1.95. The Morgan fingerprint density at radius 3 is 2.59 bits per heavy atom. The lowest BCUT2D eigenvalue weighted by Gasteiger charge is -2.39. The summed E-state index contributed by atoms with van der Waals surface area (Å²) in [5.74, 6) is 1.47. The van der Waals surface area contributed by atoms with Crippen molar-refractivity contribution in [1.29, 1.82) is 0 Å². The molecule has 3 heterocycles. The molecule has 8 heteroatoms. The molecule has 29 heavy (non-hydrogen) atoms. The first-order chi connectivity index (χ1) is 14.0. The van der Waals surface area contributed by atoms with Crippen LogP contribution in [0.2, 0.25) is 0 Å². The number of cyclic esters (lactones) is 1. The number of nitrogens with two attached hydrogens (primary N) is 1. The maximum absolute atomic E-state index is 15.0. The molecule has 3 aliphatic heterocycles. The van der Waals surface area contributed by atoms with Crippen LogP contribution in [-0.2, 0) is 9.53 Å². The van der Waals surface area contributed by atoms with Gasteiger partial charge in [-0.3, -0.25) is 9.69 Å². The summed E-state index contributed by atoms with van der Waals surface area (Å²) in [4.78, 5) is 27.9. The molecule has 5 rings (SSSR count). The van der Waals surface area contributed by atoms with Crippen LogP contribution in [0.1, 0.15) is 38.5 Å². The maximum Gasteiger partial charge on any atom is 0.414 e. The molecular weight excluding hydrogens is 393 g/mol. The largest absolute Gasteiger partial charge is 0.444 e. The minimum atomic E-state index is -0.554. The lowest BCUT2D eigenvalue weighted by atomic mass is 9.65. The molecule has 6 nitrogen and oxygen atoms in total. The van der Waals surface area contributed by atoms with E-state index in [2.05, 4.69) is 4.90 Å². The predicted octanol–water partition coefficient (Wildman–Crippen LogP) is 3.28. The first-order valence-electron chi connectivity index (χ1n) is 10.4. The maximum atomic E-state index is 15.0. The Balaban J connectivity index is 1.32. The molecule has 1 aromatic carbocycles. The van der Waals surface area contributed by atoms with Gasteiger partial charge >= 0.3 is 6.09 Å². The van der Waals surface area contributed by atoms with Gasteiger partial charge in [-0.15, -0.1) is 0 Å². The number of hydrogen-bond acceptors (Lipinski definition) is 5. The van der Waals surface area contributed by atoms with Gasteiger partial charge in [0.1, 0.15) is 11.9 Å². The molecule has 1 aromatic rings. The molecule has 1 aliphatic carbocycles. The number of hydrogen-bond donors (Lipinski definition) is 1. The Hall–Kier alpha value is -1.96. The molecule has 3 saturated heterocycles. The highest BCUT2D eigenvalue weighted by atomic mass is 32.2. The number of amides is 2. The van der Waals surface area contributed by atoms with E-state index in [1.807, 2.05) is 11.8 Å². The van der Waals surface area contributed by atoms with Crippen LogP contribution in [0.5, 0.6) is 0 Å². The van der Waals surface area contributed by atoms with Gasteiger partial charge in [0.25, 0.3) is 0 Å². The zero-order valence-electron chi connectivity index (χ0n) is 16.3. The number of thioether (sulfide) groups is 1. The van der Waals surface area contributed by atoms with E-state index in [1.54, 1.807) is 12.1 Å². The number of benzene rings is 1. The second-order valence-electron chi connectivity index (χ2n) is 8.78. The van der Waals surface area contributed by atoms with Crippen LogP contribution in [0, 0.1) is 11.2 Å². The van der Waals surface area contributed by atoms with Gasteiger partial charge in [0.15, 0.2) is 0 Å². The minimum Gasteiger partial charge on any atom is -0.444 e. The predicted molar refractivity (Wildman–Crippen MR) is 111 cm³/mol. The second kappa shape index (κ2) is 7.07. The normalized spacial score (nSPS) is 30.2. The Morgan fingerprint density at radius 2 is 2.00 bits per heavy atom. The summed E-state index contributed by atoms with van der Waals surface area (Å²) in [7, 11) is 0. The van der Waals surface area contributed by atoms with E-state index in [0.717, 1.165) is 43.6 Å². The molecule has 1 saturated carbocycles. The molecule has 3 atom stereocenters. The summed E-state index contributed by atoms with van der Waals surface area (Å²) in [6.45, 7) is 0.318. The molecule has 4 fully saturated rings. The van der Waals surface area contributed by atoms with Gasteiger partial charge in [-0.1, -0.05) is 6.42 Å². The van der Waals surface area contributed by atoms with Gasteiger partial charge in [-0.05, 0) is 43.9 Å². The lowest BCUT2D eigenvalue weighted by molar-refractivity contribution is -0.134. The minimum absolute atomic E-state index is 0.296. The average Bonchev–Trinajstić information content (AvgIpc) is 3.13. The summed E-state index contributed by atoms with van der Waals surface area (Å²) in [6.07, 6.45) is 4.24. The number of rotatable bonds is 5. The first kappa shape index (κ1) is 19.0.